The first-order valence-corrected chi connectivity index (χ1v) is 12.1. The van der Waals surface area contributed by atoms with Gasteiger partial charge in [-0.15, -0.1) is 0 Å². The number of halogens is 9. The van der Waals surface area contributed by atoms with Crippen molar-refractivity contribution in [2.75, 3.05) is 11.6 Å². The molecule has 2 aromatic rings. The molecule has 0 aliphatic carbocycles. The van der Waals surface area contributed by atoms with Crippen molar-refractivity contribution >= 4 is 17.7 Å². The van der Waals surface area contributed by atoms with Crippen LogP contribution < -0.4 is 5.06 Å². The first-order valence-electron chi connectivity index (χ1n) is 12.1. The number of fused-ring (bicyclic) bond motifs is 1. The third kappa shape index (κ3) is 7.94. The number of carbonyl (C=O) groups is 2. The number of hydroxylamine groups is 1. The zero-order valence-electron chi connectivity index (χ0n) is 21.7. The summed E-state index contributed by atoms with van der Waals surface area (Å²) >= 11 is 0. The molecule has 7 nitrogen and oxygen atoms in total. The molecule has 0 N–H and O–H groups in total. The number of rotatable bonds is 5. The van der Waals surface area contributed by atoms with E-state index in [-0.39, 0.29) is 31.1 Å². The van der Waals surface area contributed by atoms with Gasteiger partial charge in [0, 0.05) is 13.5 Å². The molecule has 1 unspecified atom stereocenters. The Hall–Kier alpha value is -3.72. The van der Waals surface area contributed by atoms with Gasteiger partial charge in [-0.3, -0.25) is 4.79 Å². The van der Waals surface area contributed by atoms with Crippen molar-refractivity contribution in [3.05, 3.63) is 58.4 Å². The summed E-state index contributed by atoms with van der Waals surface area (Å²) in [6.07, 6.45) is -17.1. The van der Waals surface area contributed by atoms with E-state index in [2.05, 4.69) is 4.98 Å². The van der Waals surface area contributed by atoms with E-state index in [1.165, 1.54) is 13.8 Å². The van der Waals surface area contributed by atoms with E-state index in [4.69, 9.17) is 9.57 Å². The molecule has 1 aromatic carbocycles. The minimum Gasteiger partial charge on any atom is -0.430 e. The number of hydrogen-bond acceptors (Lipinski definition) is 6. The summed E-state index contributed by atoms with van der Waals surface area (Å²) in [4.78, 5) is 34.5. The van der Waals surface area contributed by atoms with Crippen LogP contribution in [0.2, 0.25) is 0 Å². The third-order valence-corrected chi connectivity index (χ3v) is 5.91. The predicted molar refractivity (Wildman–Crippen MR) is 124 cm³/mol. The standard InChI is InChI=1S/C25H24F9N3O4/c1-13(2)40-22(39)41-37-8-4-5-18(21-19(37)6-7-20(35-21)25(32,33)34)36(14(3)38)12-15-9-16(23(26,27)28)11-17(10-15)24(29,30)31/h6-7,9-11,13,18H,4-5,8,12H2,1-3H3. The number of carbonyl (C=O) groups excluding carboxylic acids is 2. The van der Waals surface area contributed by atoms with Gasteiger partial charge in [0.25, 0.3) is 0 Å². The Morgan fingerprint density at radius 3 is 2.05 bits per heavy atom. The van der Waals surface area contributed by atoms with E-state index in [9.17, 15) is 49.1 Å². The maximum atomic E-state index is 13.6. The second-order valence-corrected chi connectivity index (χ2v) is 9.43. The van der Waals surface area contributed by atoms with Crippen LogP contribution in [0.3, 0.4) is 0 Å². The number of benzene rings is 1. The van der Waals surface area contributed by atoms with Gasteiger partial charge in [0.2, 0.25) is 5.91 Å². The summed E-state index contributed by atoms with van der Waals surface area (Å²) in [5.41, 5.74) is -5.77. The zero-order valence-corrected chi connectivity index (χ0v) is 21.7. The number of anilines is 1. The molecule has 0 saturated carbocycles. The van der Waals surface area contributed by atoms with Gasteiger partial charge in [0.1, 0.15) is 5.69 Å². The summed E-state index contributed by atoms with van der Waals surface area (Å²) in [6, 6.07) is 0.982. The number of hydrogen-bond donors (Lipinski definition) is 0. The second-order valence-electron chi connectivity index (χ2n) is 9.43. The van der Waals surface area contributed by atoms with Crippen LogP contribution in [-0.2, 0) is 39.4 Å². The van der Waals surface area contributed by atoms with Crippen molar-refractivity contribution in [1.82, 2.24) is 9.88 Å². The van der Waals surface area contributed by atoms with E-state index in [0.29, 0.717) is 18.2 Å². The second kappa shape index (κ2) is 11.6. The van der Waals surface area contributed by atoms with E-state index >= 15 is 0 Å². The van der Waals surface area contributed by atoms with Crippen LogP contribution in [0.5, 0.6) is 0 Å². The van der Waals surface area contributed by atoms with Gasteiger partial charge in [0.15, 0.2) is 0 Å². The molecule has 0 spiro atoms. The monoisotopic (exact) mass is 601 g/mol. The minimum atomic E-state index is -5.16. The van der Waals surface area contributed by atoms with E-state index in [1.54, 1.807) is 0 Å². The molecular formula is C25H24F9N3O4. The highest BCUT2D eigenvalue weighted by Gasteiger charge is 2.40. The molecule has 0 saturated heterocycles. The maximum absolute atomic E-state index is 13.6. The Morgan fingerprint density at radius 1 is 0.976 bits per heavy atom. The molecule has 0 fully saturated rings. The van der Waals surface area contributed by atoms with E-state index in [0.717, 1.165) is 23.0 Å². The van der Waals surface area contributed by atoms with Crippen LogP contribution in [0.1, 0.15) is 67.7 Å². The highest BCUT2D eigenvalue weighted by atomic mass is 19.4. The molecule has 1 aromatic heterocycles. The van der Waals surface area contributed by atoms with Gasteiger partial charge in [0.05, 0.1) is 41.2 Å². The number of pyridine rings is 1. The predicted octanol–water partition coefficient (Wildman–Crippen LogP) is 7.30. The van der Waals surface area contributed by atoms with Crippen molar-refractivity contribution in [3.63, 3.8) is 0 Å². The van der Waals surface area contributed by atoms with Gasteiger partial charge < -0.3 is 14.5 Å². The molecule has 226 valence electrons. The Balaban J connectivity index is 2.12. The molecule has 1 aliphatic heterocycles. The Labute approximate surface area is 227 Å². The van der Waals surface area contributed by atoms with Gasteiger partial charge >= 0.3 is 24.7 Å². The largest absolute Gasteiger partial charge is 0.533 e. The summed E-state index contributed by atoms with van der Waals surface area (Å²) in [6.45, 7) is 3.09. The molecule has 1 aliphatic rings. The lowest BCUT2D eigenvalue weighted by Gasteiger charge is -2.32. The van der Waals surface area contributed by atoms with Crippen molar-refractivity contribution in [1.29, 1.82) is 0 Å². The van der Waals surface area contributed by atoms with Crippen LogP contribution in [0, 0.1) is 0 Å². The number of amides is 1. The van der Waals surface area contributed by atoms with E-state index in [1.807, 2.05) is 0 Å². The lowest BCUT2D eigenvalue weighted by atomic mass is 10.0. The van der Waals surface area contributed by atoms with E-state index < -0.39 is 77.4 Å². The topological polar surface area (TPSA) is 72.0 Å². The first kappa shape index (κ1) is 31.8. The fourth-order valence-corrected chi connectivity index (χ4v) is 4.22. The Bertz CT molecular complexity index is 1240. The smallest absolute Gasteiger partial charge is 0.430 e. The summed E-state index contributed by atoms with van der Waals surface area (Å²) in [5.74, 6) is -0.861. The summed E-state index contributed by atoms with van der Waals surface area (Å²) in [5, 5.41) is 0.914. The summed E-state index contributed by atoms with van der Waals surface area (Å²) < 4.78 is 126. The third-order valence-electron chi connectivity index (χ3n) is 5.91. The molecule has 1 amide bonds. The quantitative estimate of drug-likeness (QED) is 0.265. The van der Waals surface area contributed by atoms with Gasteiger partial charge in [-0.05, 0) is 62.6 Å². The van der Waals surface area contributed by atoms with Crippen LogP contribution in [-0.4, -0.2) is 34.6 Å². The van der Waals surface area contributed by atoms with Gasteiger partial charge in [-0.1, -0.05) is 0 Å². The molecule has 2 heterocycles. The minimum absolute atomic E-state index is 0.0670. The zero-order chi connectivity index (χ0) is 30.9. The maximum Gasteiger partial charge on any atom is 0.533 e. The molecule has 0 radical (unpaired) electrons. The molecule has 41 heavy (non-hydrogen) atoms. The average Bonchev–Trinajstić information content (AvgIpc) is 2.99. The van der Waals surface area contributed by atoms with Crippen molar-refractivity contribution in [3.8, 4) is 0 Å². The van der Waals surface area contributed by atoms with Crippen molar-refractivity contribution < 1.29 is 58.7 Å². The molecule has 0 bridgehead atoms. The molecule has 16 heteroatoms. The number of aromatic nitrogens is 1. The first-order chi connectivity index (χ1) is 18.8. The Morgan fingerprint density at radius 2 is 1.56 bits per heavy atom. The number of ether oxygens (including phenoxy) is 1. The summed E-state index contributed by atoms with van der Waals surface area (Å²) in [7, 11) is 0. The van der Waals surface area contributed by atoms with Gasteiger partial charge in [-0.2, -0.15) is 39.5 Å². The van der Waals surface area contributed by atoms with Crippen LogP contribution in [0.4, 0.5) is 50.0 Å². The average molecular weight is 601 g/mol. The van der Waals surface area contributed by atoms with Crippen LogP contribution >= 0.6 is 0 Å². The van der Waals surface area contributed by atoms with Crippen LogP contribution in [0.15, 0.2) is 30.3 Å². The molecule has 1 atom stereocenters. The fraction of sp³-hybridized carbons (Fsp3) is 0.480. The van der Waals surface area contributed by atoms with Crippen molar-refractivity contribution in [2.24, 2.45) is 0 Å². The van der Waals surface area contributed by atoms with Crippen LogP contribution in [0.25, 0.3) is 0 Å². The molecule has 3 rings (SSSR count). The highest BCUT2D eigenvalue weighted by Crippen LogP contribution is 2.41. The van der Waals surface area contributed by atoms with Crippen molar-refractivity contribution in [2.45, 2.75) is 70.8 Å². The van der Waals surface area contributed by atoms with Gasteiger partial charge in [-0.25, -0.2) is 14.8 Å². The SMILES string of the molecule is CC(=O)N(Cc1cc(C(F)(F)F)cc(C(F)(F)F)c1)C1CCCN(OC(=O)OC(C)C)c2ccc(C(F)(F)F)nc21. The Kier molecular flexibility index (Phi) is 9.03. The lowest BCUT2D eigenvalue weighted by Crippen LogP contribution is -2.34. The number of nitrogens with zero attached hydrogens (tertiary/aromatic N) is 3. The highest BCUT2D eigenvalue weighted by molar-refractivity contribution is 5.74. The molecular weight excluding hydrogens is 577 g/mol. The lowest BCUT2D eigenvalue weighted by molar-refractivity contribution is -0.143. The normalized spacial score (nSPS) is 16.2. The number of alkyl halides is 9. The fourth-order valence-electron chi connectivity index (χ4n) is 4.22.